The molecule has 0 aliphatic carbocycles. The van der Waals surface area contributed by atoms with Crippen LogP contribution in [-0.2, 0) is 5.33 Å². The quantitative estimate of drug-likeness (QED) is 0.808. The third-order valence-electron chi connectivity index (χ3n) is 2.39. The molecule has 0 aliphatic rings. The molecular weight excluding hydrogens is 268 g/mol. The molecule has 16 heavy (non-hydrogen) atoms. The number of benzene rings is 1. The van der Waals surface area contributed by atoms with Gasteiger partial charge in [0.2, 0.25) is 0 Å². The molecule has 0 bridgehead atoms. The van der Waals surface area contributed by atoms with E-state index in [1.54, 1.807) is 0 Å². The molecule has 0 fully saturated rings. The fraction of sp³-hybridized carbons (Fsp3) is 0.250. The number of aromatic nitrogens is 1. The van der Waals surface area contributed by atoms with Crippen LogP contribution in [0.5, 0.6) is 0 Å². The van der Waals surface area contributed by atoms with Gasteiger partial charge in [-0.15, -0.1) is 0 Å². The summed E-state index contributed by atoms with van der Waals surface area (Å²) in [6, 6.07) is 8.20. The van der Waals surface area contributed by atoms with Gasteiger partial charge >= 0.3 is 0 Å². The van der Waals surface area contributed by atoms with Gasteiger partial charge in [-0.1, -0.05) is 28.1 Å². The molecule has 0 saturated heterocycles. The average molecular weight is 281 g/mol. The monoisotopic (exact) mass is 280 g/mol. The number of rotatable bonds is 3. The summed E-state index contributed by atoms with van der Waals surface area (Å²) in [5.74, 6) is 0.834. The smallest absolute Gasteiger partial charge is 0.181 e. The van der Waals surface area contributed by atoms with Crippen LogP contribution in [0.3, 0.4) is 0 Å². The van der Waals surface area contributed by atoms with E-state index in [0.29, 0.717) is 5.33 Å². The Labute approximate surface area is 103 Å². The maximum Gasteiger partial charge on any atom is 0.181 e. The van der Waals surface area contributed by atoms with Gasteiger partial charge in [-0.25, -0.2) is 4.98 Å². The van der Waals surface area contributed by atoms with Crippen LogP contribution in [0.25, 0.3) is 11.3 Å². The molecule has 2 rings (SSSR count). The molecule has 0 saturated carbocycles. The lowest BCUT2D eigenvalue weighted by Crippen LogP contribution is -2.08. The third kappa shape index (κ3) is 2.11. The second kappa shape index (κ2) is 4.70. The fourth-order valence-corrected chi connectivity index (χ4v) is 1.92. The Kier molecular flexibility index (Phi) is 3.29. The van der Waals surface area contributed by atoms with Gasteiger partial charge in [0, 0.05) is 30.7 Å². The van der Waals surface area contributed by atoms with Crippen molar-refractivity contribution < 1.29 is 4.42 Å². The molecular formula is C12H13BrN2O. The first-order valence-corrected chi connectivity index (χ1v) is 6.10. The normalized spacial score (nSPS) is 10.4. The predicted molar refractivity (Wildman–Crippen MR) is 68.9 cm³/mol. The van der Waals surface area contributed by atoms with Crippen molar-refractivity contribution in [2.75, 3.05) is 19.0 Å². The molecule has 0 amide bonds. The molecule has 1 aromatic carbocycles. The minimum atomic E-state index is 0.699. The minimum absolute atomic E-state index is 0.699. The highest BCUT2D eigenvalue weighted by Gasteiger charge is 2.10. The summed E-state index contributed by atoms with van der Waals surface area (Å²) in [7, 11) is 4.04. The molecule has 84 valence electrons. The van der Waals surface area contributed by atoms with Crippen LogP contribution < -0.4 is 4.90 Å². The number of halogens is 1. The Bertz CT molecular complexity index is 479. The lowest BCUT2D eigenvalue weighted by atomic mass is 10.1. The van der Waals surface area contributed by atoms with Gasteiger partial charge in [0.25, 0.3) is 0 Å². The SMILES string of the molecule is CN(C)c1cccc(-c2ocnc2CBr)c1. The molecule has 1 heterocycles. The van der Waals surface area contributed by atoms with Crippen LogP contribution in [-0.4, -0.2) is 19.1 Å². The molecule has 0 N–H and O–H groups in total. The van der Waals surface area contributed by atoms with E-state index in [-0.39, 0.29) is 0 Å². The molecule has 0 spiro atoms. The van der Waals surface area contributed by atoms with Crippen molar-refractivity contribution in [1.29, 1.82) is 0 Å². The number of anilines is 1. The van der Waals surface area contributed by atoms with Crippen molar-refractivity contribution in [3.05, 3.63) is 36.4 Å². The Morgan fingerprint density at radius 2 is 2.19 bits per heavy atom. The third-order valence-corrected chi connectivity index (χ3v) is 2.92. The number of alkyl halides is 1. The fourth-order valence-electron chi connectivity index (χ4n) is 1.52. The van der Waals surface area contributed by atoms with Gasteiger partial charge in [0.05, 0.1) is 5.69 Å². The van der Waals surface area contributed by atoms with E-state index in [1.165, 1.54) is 6.39 Å². The van der Waals surface area contributed by atoms with Gasteiger partial charge in [0.15, 0.2) is 12.2 Å². The van der Waals surface area contributed by atoms with Crippen LogP contribution in [0.15, 0.2) is 35.1 Å². The summed E-state index contributed by atoms with van der Waals surface area (Å²) in [6.45, 7) is 0. The van der Waals surface area contributed by atoms with E-state index in [1.807, 2.05) is 26.2 Å². The van der Waals surface area contributed by atoms with Crippen LogP contribution >= 0.6 is 15.9 Å². The largest absolute Gasteiger partial charge is 0.443 e. The summed E-state index contributed by atoms with van der Waals surface area (Å²) in [5.41, 5.74) is 3.13. The first-order chi connectivity index (χ1) is 7.72. The Morgan fingerprint density at radius 1 is 1.38 bits per heavy atom. The summed E-state index contributed by atoms with van der Waals surface area (Å²) in [5, 5.41) is 0.699. The first-order valence-electron chi connectivity index (χ1n) is 4.98. The van der Waals surface area contributed by atoms with E-state index < -0.39 is 0 Å². The summed E-state index contributed by atoms with van der Waals surface area (Å²) < 4.78 is 5.42. The highest BCUT2D eigenvalue weighted by Crippen LogP contribution is 2.27. The van der Waals surface area contributed by atoms with E-state index in [0.717, 1.165) is 22.7 Å². The number of hydrogen-bond donors (Lipinski definition) is 0. The van der Waals surface area contributed by atoms with Gasteiger partial charge < -0.3 is 9.32 Å². The van der Waals surface area contributed by atoms with Crippen LogP contribution in [0, 0.1) is 0 Å². The Morgan fingerprint density at radius 3 is 2.88 bits per heavy atom. The van der Waals surface area contributed by atoms with Crippen molar-refractivity contribution >= 4 is 21.6 Å². The second-order valence-corrected chi connectivity index (χ2v) is 4.27. The Hall–Kier alpha value is -1.29. The molecule has 0 aliphatic heterocycles. The van der Waals surface area contributed by atoms with Crippen LogP contribution in [0.2, 0.25) is 0 Å². The minimum Gasteiger partial charge on any atom is -0.443 e. The molecule has 0 atom stereocenters. The lowest BCUT2D eigenvalue weighted by molar-refractivity contribution is 0.571. The summed E-state index contributed by atoms with van der Waals surface area (Å²) >= 11 is 3.40. The van der Waals surface area contributed by atoms with Crippen molar-refractivity contribution in [1.82, 2.24) is 4.98 Å². The van der Waals surface area contributed by atoms with Gasteiger partial charge in [-0.3, -0.25) is 0 Å². The first kappa shape index (κ1) is 11.2. The van der Waals surface area contributed by atoms with Gasteiger partial charge in [0.1, 0.15) is 0 Å². The molecule has 3 nitrogen and oxygen atoms in total. The zero-order chi connectivity index (χ0) is 11.5. The zero-order valence-corrected chi connectivity index (χ0v) is 10.9. The molecule has 0 unspecified atom stereocenters. The highest BCUT2D eigenvalue weighted by molar-refractivity contribution is 9.08. The number of hydrogen-bond acceptors (Lipinski definition) is 3. The van der Waals surface area contributed by atoms with Crippen LogP contribution in [0.1, 0.15) is 5.69 Å². The lowest BCUT2D eigenvalue weighted by Gasteiger charge is -2.12. The maximum absolute atomic E-state index is 5.42. The predicted octanol–water partition coefficient (Wildman–Crippen LogP) is 3.30. The molecule has 0 radical (unpaired) electrons. The second-order valence-electron chi connectivity index (χ2n) is 3.71. The van der Waals surface area contributed by atoms with Gasteiger partial charge in [-0.05, 0) is 12.1 Å². The van der Waals surface area contributed by atoms with E-state index in [4.69, 9.17) is 4.42 Å². The van der Waals surface area contributed by atoms with E-state index in [9.17, 15) is 0 Å². The Balaban J connectivity index is 2.44. The standard InChI is InChI=1S/C12H13BrN2O/c1-15(2)10-5-3-4-9(6-10)12-11(7-13)14-8-16-12/h3-6,8H,7H2,1-2H3. The van der Waals surface area contributed by atoms with Crippen molar-refractivity contribution in [2.45, 2.75) is 5.33 Å². The van der Waals surface area contributed by atoms with Crippen LogP contribution in [0.4, 0.5) is 5.69 Å². The summed E-state index contributed by atoms with van der Waals surface area (Å²) in [6.07, 6.45) is 1.48. The van der Waals surface area contributed by atoms with E-state index in [2.05, 4.69) is 37.9 Å². The number of nitrogens with zero attached hydrogens (tertiary/aromatic N) is 2. The van der Waals surface area contributed by atoms with Gasteiger partial charge in [-0.2, -0.15) is 0 Å². The topological polar surface area (TPSA) is 29.3 Å². The average Bonchev–Trinajstić information content (AvgIpc) is 2.77. The van der Waals surface area contributed by atoms with E-state index >= 15 is 0 Å². The molecule has 1 aromatic heterocycles. The zero-order valence-electron chi connectivity index (χ0n) is 9.27. The highest BCUT2D eigenvalue weighted by atomic mass is 79.9. The molecule has 2 aromatic rings. The molecule has 4 heteroatoms. The number of oxazole rings is 1. The maximum atomic E-state index is 5.42. The van der Waals surface area contributed by atoms with Crippen molar-refractivity contribution in [3.63, 3.8) is 0 Å². The summed E-state index contributed by atoms with van der Waals surface area (Å²) in [4.78, 5) is 6.22. The van der Waals surface area contributed by atoms with Crippen molar-refractivity contribution in [2.24, 2.45) is 0 Å². The van der Waals surface area contributed by atoms with Crippen molar-refractivity contribution in [3.8, 4) is 11.3 Å².